The number of carbonyl (C=O) groups is 1. The molecule has 0 bridgehead atoms. The summed E-state index contributed by atoms with van der Waals surface area (Å²) < 4.78 is 1.10. The van der Waals surface area contributed by atoms with Crippen LogP contribution in [-0.4, -0.2) is 5.91 Å². The summed E-state index contributed by atoms with van der Waals surface area (Å²) in [6.07, 6.45) is 0. The summed E-state index contributed by atoms with van der Waals surface area (Å²) in [7, 11) is 0. The molecule has 2 rings (SSSR count). The molecule has 0 saturated carbocycles. The zero-order valence-corrected chi connectivity index (χ0v) is 12.5. The van der Waals surface area contributed by atoms with Crippen molar-refractivity contribution in [2.24, 2.45) is 0 Å². The monoisotopic (exact) mass is 351 g/mol. The summed E-state index contributed by atoms with van der Waals surface area (Å²) in [6.45, 7) is 3.98. The van der Waals surface area contributed by atoms with Gasteiger partial charge in [-0.05, 0) is 66.3 Å². The lowest BCUT2D eigenvalue weighted by molar-refractivity contribution is 0.102. The van der Waals surface area contributed by atoms with E-state index >= 15 is 0 Å². The number of carbonyl (C=O) groups excluding carboxylic acids is 1. The summed E-state index contributed by atoms with van der Waals surface area (Å²) in [4.78, 5) is 12.1. The molecular weight excluding hydrogens is 337 g/mol. The zero-order chi connectivity index (χ0) is 13.1. The zero-order valence-electron chi connectivity index (χ0n) is 10.3. The number of rotatable bonds is 2. The molecule has 0 heterocycles. The number of benzene rings is 2. The fourth-order valence-corrected chi connectivity index (χ4v) is 2.38. The lowest BCUT2D eigenvalue weighted by Crippen LogP contribution is -2.13. The Kier molecular flexibility index (Phi) is 4.01. The Hall–Kier alpha value is -1.36. The van der Waals surface area contributed by atoms with Crippen LogP contribution in [0.2, 0.25) is 0 Å². The van der Waals surface area contributed by atoms with Gasteiger partial charge in [-0.1, -0.05) is 23.8 Å². The van der Waals surface area contributed by atoms with Crippen molar-refractivity contribution in [3.05, 3.63) is 62.7 Å². The molecule has 0 unspecified atom stereocenters. The smallest absolute Gasteiger partial charge is 0.255 e. The van der Waals surface area contributed by atoms with Crippen LogP contribution in [0.4, 0.5) is 5.69 Å². The number of hydrogen-bond donors (Lipinski definition) is 1. The second-order valence-corrected chi connectivity index (χ2v) is 5.53. The first-order chi connectivity index (χ1) is 8.56. The molecule has 92 valence electrons. The lowest BCUT2D eigenvalue weighted by atomic mass is 10.1. The third kappa shape index (κ3) is 3.10. The van der Waals surface area contributed by atoms with E-state index in [1.165, 1.54) is 5.56 Å². The maximum atomic E-state index is 12.1. The average Bonchev–Trinajstić information content (AvgIpc) is 2.28. The quantitative estimate of drug-likeness (QED) is 0.809. The number of nitrogens with one attached hydrogen (secondary N) is 1. The van der Waals surface area contributed by atoms with E-state index < -0.39 is 0 Å². The van der Waals surface area contributed by atoms with Crippen LogP contribution >= 0.6 is 22.6 Å². The standard InChI is InChI=1S/C15H14INO/c1-10-6-7-14(11(2)8-10)15(18)17-13-5-3-4-12(16)9-13/h3-9H,1-2H3,(H,17,18). The molecular formula is C15H14INO. The van der Waals surface area contributed by atoms with Gasteiger partial charge in [0.25, 0.3) is 5.91 Å². The largest absolute Gasteiger partial charge is 0.322 e. The first-order valence-corrected chi connectivity index (χ1v) is 6.78. The maximum Gasteiger partial charge on any atom is 0.255 e. The number of amides is 1. The Morgan fingerprint density at radius 2 is 1.89 bits per heavy atom. The van der Waals surface area contributed by atoms with Crippen molar-refractivity contribution < 1.29 is 4.79 Å². The van der Waals surface area contributed by atoms with Crippen LogP contribution in [0.25, 0.3) is 0 Å². The summed E-state index contributed by atoms with van der Waals surface area (Å²) in [6, 6.07) is 13.6. The molecule has 0 aromatic heterocycles. The highest BCUT2D eigenvalue weighted by Gasteiger charge is 2.09. The molecule has 0 fully saturated rings. The van der Waals surface area contributed by atoms with Gasteiger partial charge in [-0.2, -0.15) is 0 Å². The summed E-state index contributed by atoms with van der Waals surface area (Å²) >= 11 is 2.23. The highest BCUT2D eigenvalue weighted by atomic mass is 127. The van der Waals surface area contributed by atoms with Crippen molar-refractivity contribution >= 4 is 34.2 Å². The van der Waals surface area contributed by atoms with E-state index in [9.17, 15) is 4.79 Å². The van der Waals surface area contributed by atoms with Crippen molar-refractivity contribution in [3.8, 4) is 0 Å². The predicted molar refractivity (Wildman–Crippen MR) is 83.0 cm³/mol. The van der Waals surface area contributed by atoms with Crippen molar-refractivity contribution in [2.45, 2.75) is 13.8 Å². The molecule has 2 aromatic rings. The molecule has 0 aliphatic carbocycles. The third-order valence-corrected chi connectivity index (χ3v) is 3.38. The Balaban J connectivity index is 2.22. The van der Waals surface area contributed by atoms with Gasteiger partial charge in [0.2, 0.25) is 0 Å². The second-order valence-electron chi connectivity index (χ2n) is 4.28. The number of hydrogen-bond acceptors (Lipinski definition) is 1. The molecule has 0 saturated heterocycles. The van der Waals surface area contributed by atoms with E-state index in [1.807, 2.05) is 56.3 Å². The summed E-state index contributed by atoms with van der Waals surface area (Å²) in [5.74, 6) is -0.0606. The van der Waals surface area contributed by atoms with Gasteiger partial charge in [0, 0.05) is 14.8 Å². The fraction of sp³-hybridized carbons (Fsp3) is 0.133. The van der Waals surface area contributed by atoms with E-state index in [0.717, 1.165) is 20.4 Å². The van der Waals surface area contributed by atoms with Gasteiger partial charge in [0.1, 0.15) is 0 Å². The molecule has 3 heteroatoms. The minimum absolute atomic E-state index is 0.0606. The van der Waals surface area contributed by atoms with E-state index in [1.54, 1.807) is 0 Å². The Bertz CT molecular complexity index is 593. The van der Waals surface area contributed by atoms with Crippen molar-refractivity contribution in [3.63, 3.8) is 0 Å². The number of aryl methyl sites for hydroxylation is 2. The SMILES string of the molecule is Cc1ccc(C(=O)Nc2cccc(I)c2)c(C)c1. The van der Waals surface area contributed by atoms with Crippen LogP contribution in [0, 0.1) is 17.4 Å². The van der Waals surface area contributed by atoms with Crippen LogP contribution in [0.1, 0.15) is 21.5 Å². The first-order valence-electron chi connectivity index (χ1n) is 5.70. The van der Waals surface area contributed by atoms with Crippen LogP contribution in [-0.2, 0) is 0 Å². The van der Waals surface area contributed by atoms with Gasteiger partial charge in [0.15, 0.2) is 0 Å². The van der Waals surface area contributed by atoms with Crippen molar-refractivity contribution in [1.29, 1.82) is 0 Å². The minimum Gasteiger partial charge on any atom is -0.322 e. The highest BCUT2D eigenvalue weighted by molar-refractivity contribution is 14.1. The fourth-order valence-electron chi connectivity index (χ4n) is 1.83. The van der Waals surface area contributed by atoms with Crippen molar-refractivity contribution in [1.82, 2.24) is 0 Å². The number of anilines is 1. The molecule has 0 spiro atoms. The van der Waals surface area contributed by atoms with Crippen LogP contribution in [0.5, 0.6) is 0 Å². The predicted octanol–water partition coefficient (Wildman–Crippen LogP) is 4.16. The first kappa shape index (κ1) is 13.1. The molecule has 1 N–H and O–H groups in total. The Morgan fingerprint density at radius 3 is 2.56 bits per heavy atom. The van der Waals surface area contributed by atoms with Gasteiger partial charge < -0.3 is 5.32 Å². The number of halogens is 1. The van der Waals surface area contributed by atoms with E-state index in [4.69, 9.17) is 0 Å². The topological polar surface area (TPSA) is 29.1 Å². The van der Waals surface area contributed by atoms with E-state index in [0.29, 0.717) is 0 Å². The van der Waals surface area contributed by atoms with Crippen molar-refractivity contribution in [2.75, 3.05) is 5.32 Å². The Labute approximate surface area is 121 Å². The summed E-state index contributed by atoms with van der Waals surface area (Å²) in [5.41, 5.74) is 3.71. The molecule has 0 aliphatic rings. The van der Waals surface area contributed by atoms with Crippen LogP contribution in [0.15, 0.2) is 42.5 Å². The third-order valence-electron chi connectivity index (χ3n) is 2.71. The molecule has 18 heavy (non-hydrogen) atoms. The molecule has 0 atom stereocenters. The van der Waals surface area contributed by atoms with Crippen LogP contribution in [0.3, 0.4) is 0 Å². The van der Waals surface area contributed by atoms with Gasteiger partial charge in [-0.15, -0.1) is 0 Å². The van der Waals surface area contributed by atoms with Gasteiger partial charge >= 0.3 is 0 Å². The second kappa shape index (κ2) is 5.52. The van der Waals surface area contributed by atoms with Gasteiger partial charge in [-0.25, -0.2) is 0 Å². The highest BCUT2D eigenvalue weighted by Crippen LogP contribution is 2.16. The lowest BCUT2D eigenvalue weighted by Gasteiger charge is -2.08. The maximum absolute atomic E-state index is 12.1. The summed E-state index contributed by atoms with van der Waals surface area (Å²) in [5, 5.41) is 2.92. The molecule has 2 nitrogen and oxygen atoms in total. The normalized spacial score (nSPS) is 10.2. The van der Waals surface area contributed by atoms with Gasteiger partial charge in [0.05, 0.1) is 0 Å². The van der Waals surface area contributed by atoms with E-state index in [2.05, 4.69) is 27.9 Å². The molecule has 2 aromatic carbocycles. The van der Waals surface area contributed by atoms with Gasteiger partial charge in [-0.3, -0.25) is 4.79 Å². The molecule has 0 radical (unpaired) electrons. The van der Waals surface area contributed by atoms with E-state index in [-0.39, 0.29) is 5.91 Å². The Morgan fingerprint density at radius 1 is 1.11 bits per heavy atom. The van der Waals surface area contributed by atoms with Crippen LogP contribution < -0.4 is 5.32 Å². The molecule has 0 aliphatic heterocycles. The molecule has 1 amide bonds. The average molecular weight is 351 g/mol. The minimum atomic E-state index is -0.0606.